The average Bonchev–Trinajstić information content (AvgIpc) is 2.67. The summed E-state index contributed by atoms with van der Waals surface area (Å²) in [6.45, 7) is 0.348. The van der Waals surface area contributed by atoms with Gasteiger partial charge in [-0.15, -0.1) is 0 Å². The predicted octanol–water partition coefficient (Wildman–Crippen LogP) is 5.70. The molecule has 0 radical (unpaired) electrons. The van der Waals surface area contributed by atoms with Crippen molar-refractivity contribution in [1.82, 2.24) is 0 Å². The van der Waals surface area contributed by atoms with Gasteiger partial charge < -0.3 is 14.8 Å². The lowest BCUT2D eigenvalue weighted by atomic mass is 10.2. The molecule has 0 saturated carbocycles. The summed E-state index contributed by atoms with van der Waals surface area (Å²) in [6, 6.07) is 22.3. The van der Waals surface area contributed by atoms with E-state index in [9.17, 15) is 4.79 Å². The molecule has 0 aliphatic rings. The Morgan fingerprint density at radius 1 is 0.963 bits per heavy atom. The first-order chi connectivity index (χ1) is 13.1. The summed E-state index contributed by atoms with van der Waals surface area (Å²) < 4.78 is 12.0. The van der Waals surface area contributed by atoms with Gasteiger partial charge in [0.2, 0.25) is 0 Å². The van der Waals surface area contributed by atoms with Crippen LogP contribution in [-0.2, 0) is 11.4 Å². The highest BCUT2D eigenvalue weighted by atomic mass is 79.9. The highest BCUT2D eigenvalue weighted by Crippen LogP contribution is 2.28. The van der Waals surface area contributed by atoms with Crippen molar-refractivity contribution < 1.29 is 14.3 Å². The molecule has 1 N–H and O–H groups in total. The second-order valence-electron chi connectivity index (χ2n) is 5.71. The maximum Gasteiger partial charge on any atom is 0.262 e. The zero-order chi connectivity index (χ0) is 19.1. The standard InChI is InChI=1S/C21H17BrClNO3/c22-19-11-16(23)9-10-20(19)27-14-21(25)24-17-7-4-8-18(12-17)26-13-15-5-2-1-3-6-15/h1-12H,13-14H2,(H,24,25). The van der Waals surface area contributed by atoms with Crippen LogP contribution in [0.5, 0.6) is 11.5 Å². The van der Waals surface area contributed by atoms with Crippen molar-refractivity contribution >= 4 is 39.1 Å². The van der Waals surface area contributed by atoms with E-state index < -0.39 is 0 Å². The van der Waals surface area contributed by atoms with Gasteiger partial charge in [-0.25, -0.2) is 0 Å². The lowest BCUT2D eigenvalue weighted by Gasteiger charge is -2.11. The summed E-state index contributed by atoms with van der Waals surface area (Å²) in [5, 5.41) is 3.39. The number of carbonyl (C=O) groups excluding carboxylic acids is 1. The van der Waals surface area contributed by atoms with Crippen molar-refractivity contribution in [3.8, 4) is 11.5 Å². The lowest BCUT2D eigenvalue weighted by molar-refractivity contribution is -0.118. The zero-order valence-corrected chi connectivity index (χ0v) is 16.7. The van der Waals surface area contributed by atoms with E-state index in [1.807, 2.05) is 42.5 Å². The summed E-state index contributed by atoms with van der Waals surface area (Å²) in [5.74, 6) is 0.963. The largest absolute Gasteiger partial charge is 0.489 e. The molecule has 0 atom stereocenters. The number of rotatable bonds is 7. The molecule has 0 aliphatic carbocycles. The summed E-state index contributed by atoms with van der Waals surface area (Å²) in [5.41, 5.74) is 1.72. The van der Waals surface area contributed by atoms with Crippen molar-refractivity contribution in [3.63, 3.8) is 0 Å². The van der Waals surface area contributed by atoms with E-state index in [4.69, 9.17) is 21.1 Å². The van der Waals surface area contributed by atoms with Crippen molar-refractivity contribution in [2.75, 3.05) is 11.9 Å². The quantitative estimate of drug-likeness (QED) is 0.506. The van der Waals surface area contributed by atoms with Crippen LogP contribution >= 0.6 is 27.5 Å². The maximum atomic E-state index is 12.1. The fourth-order valence-electron chi connectivity index (χ4n) is 2.34. The summed E-state index contributed by atoms with van der Waals surface area (Å²) >= 11 is 9.24. The van der Waals surface area contributed by atoms with Gasteiger partial charge in [0.25, 0.3) is 5.91 Å². The molecule has 3 rings (SSSR count). The van der Waals surface area contributed by atoms with Crippen molar-refractivity contribution in [2.24, 2.45) is 0 Å². The molecule has 27 heavy (non-hydrogen) atoms. The molecule has 0 fully saturated rings. The second kappa shape index (κ2) is 9.44. The Hall–Kier alpha value is -2.50. The summed E-state index contributed by atoms with van der Waals surface area (Å²) in [4.78, 5) is 12.1. The number of nitrogens with one attached hydrogen (secondary N) is 1. The number of anilines is 1. The number of benzene rings is 3. The van der Waals surface area contributed by atoms with Gasteiger partial charge in [-0.1, -0.05) is 48.0 Å². The fraction of sp³-hybridized carbons (Fsp3) is 0.0952. The molecule has 0 spiro atoms. The van der Waals surface area contributed by atoms with Gasteiger partial charge in [0.05, 0.1) is 4.47 Å². The van der Waals surface area contributed by atoms with Crippen LogP contribution < -0.4 is 14.8 Å². The SMILES string of the molecule is O=C(COc1ccc(Cl)cc1Br)Nc1cccc(OCc2ccccc2)c1. The van der Waals surface area contributed by atoms with Gasteiger partial charge in [-0.05, 0) is 51.8 Å². The van der Waals surface area contributed by atoms with Gasteiger partial charge in [-0.2, -0.15) is 0 Å². The Labute approximate surface area is 171 Å². The van der Waals surface area contributed by atoms with E-state index in [1.54, 1.807) is 30.3 Å². The van der Waals surface area contributed by atoms with Gasteiger partial charge in [-0.3, -0.25) is 4.79 Å². The monoisotopic (exact) mass is 445 g/mol. The second-order valence-corrected chi connectivity index (χ2v) is 7.00. The van der Waals surface area contributed by atoms with Crippen LogP contribution in [0.2, 0.25) is 5.02 Å². The van der Waals surface area contributed by atoms with E-state index >= 15 is 0 Å². The molecule has 0 saturated heterocycles. The molecule has 3 aromatic rings. The number of hydrogen-bond acceptors (Lipinski definition) is 3. The Kier molecular flexibility index (Phi) is 6.74. The molecule has 4 nitrogen and oxygen atoms in total. The van der Waals surface area contributed by atoms with Crippen LogP contribution in [0.15, 0.2) is 77.3 Å². The third kappa shape index (κ3) is 6.01. The Balaban J connectivity index is 1.53. The normalized spacial score (nSPS) is 10.3. The minimum Gasteiger partial charge on any atom is -0.489 e. The number of halogens is 2. The summed E-state index contributed by atoms with van der Waals surface area (Å²) in [7, 11) is 0. The number of hydrogen-bond donors (Lipinski definition) is 1. The van der Waals surface area contributed by atoms with Crippen molar-refractivity contribution in [2.45, 2.75) is 6.61 Å². The Morgan fingerprint density at radius 3 is 2.56 bits per heavy atom. The first-order valence-electron chi connectivity index (χ1n) is 8.24. The van der Waals surface area contributed by atoms with Crippen molar-refractivity contribution in [1.29, 1.82) is 0 Å². The number of amides is 1. The minimum atomic E-state index is -0.267. The zero-order valence-electron chi connectivity index (χ0n) is 14.3. The van der Waals surface area contributed by atoms with Crippen LogP contribution in [0.1, 0.15) is 5.56 Å². The lowest BCUT2D eigenvalue weighted by Crippen LogP contribution is -2.20. The van der Waals surface area contributed by atoms with Crippen LogP contribution in [0.25, 0.3) is 0 Å². The first-order valence-corrected chi connectivity index (χ1v) is 9.42. The molecule has 0 bridgehead atoms. The molecule has 6 heteroatoms. The number of carbonyl (C=O) groups is 1. The van der Waals surface area contributed by atoms with E-state index in [0.29, 0.717) is 33.3 Å². The molecule has 0 aromatic heterocycles. The third-order valence-corrected chi connectivity index (χ3v) is 4.47. The molecule has 138 valence electrons. The van der Waals surface area contributed by atoms with Gasteiger partial charge in [0.15, 0.2) is 6.61 Å². The molecular formula is C21H17BrClNO3. The van der Waals surface area contributed by atoms with E-state index in [-0.39, 0.29) is 12.5 Å². The van der Waals surface area contributed by atoms with Crippen LogP contribution in [-0.4, -0.2) is 12.5 Å². The Bertz CT molecular complexity index is 918. The van der Waals surface area contributed by atoms with Gasteiger partial charge in [0.1, 0.15) is 18.1 Å². The fourth-order valence-corrected chi connectivity index (χ4v) is 3.13. The van der Waals surface area contributed by atoms with Crippen molar-refractivity contribution in [3.05, 3.63) is 87.9 Å². The summed E-state index contributed by atoms with van der Waals surface area (Å²) in [6.07, 6.45) is 0. The third-order valence-electron chi connectivity index (χ3n) is 3.62. The first kappa shape index (κ1) is 19.3. The Morgan fingerprint density at radius 2 is 1.78 bits per heavy atom. The molecule has 3 aromatic carbocycles. The molecule has 0 aliphatic heterocycles. The molecule has 0 unspecified atom stereocenters. The smallest absolute Gasteiger partial charge is 0.262 e. The topological polar surface area (TPSA) is 47.6 Å². The van der Waals surface area contributed by atoms with Crippen LogP contribution in [0.3, 0.4) is 0 Å². The predicted molar refractivity (Wildman–Crippen MR) is 110 cm³/mol. The molecule has 1 amide bonds. The highest BCUT2D eigenvalue weighted by molar-refractivity contribution is 9.10. The van der Waals surface area contributed by atoms with E-state index in [2.05, 4.69) is 21.2 Å². The number of ether oxygens (including phenoxy) is 2. The maximum absolute atomic E-state index is 12.1. The average molecular weight is 447 g/mol. The van der Waals surface area contributed by atoms with E-state index in [1.165, 1.54) is 0 Å². The minimum absolute atomic E-state index is 0.116. The van der Waals surface area contributed by atoms with E-state index in [0.717, 1.165) is 5.56 Å². The van der Waals surface area contributed by atoms with Crippen LogP contribution in [0.4, 0.5) is 5.69 Å². The van der Waals surface area contributed by atoms with Crippen LogP contribution in [0, 0.1) is 0 Å². The van der Waals surface area contributed by atoms with Gasteiger partial charge >= 0.3 is 0 Å². The highest BCUT2D eigenvalue weighted by Gasteiger charge is 2.07. The molecule has 0 heterocycles. The van der Waals surface area contributed by atoms with Gasteiger partial charge in [0, 0.05) is 16.8 Å². The molecular weight excluding hydrogens is 430 g/mol.